The van der Waals surface area contributed by atoms with Crippen molar-refractivity contribution >= 4 is 6.09 Å². The van der Waals surface area contributed by atoms with Crippen molar-refractivity contribution in [3.63, 3.8) is 0 Å². The zero-order valence-electron chi connectivity index (χ0n) is 11.9. The van der Waals surface area contributed by atoms with Crippen LogP contribution in [-0.4, -0.2) is 39.8 Å². The molecule has 1 saturated heterocycles. The number of aliphatic hydroxyl groups is 1. The predicted molar refractivity (Wildman–Crippen MR) is 70.5 cm³/mol. The number of amides is 1. The van der Waals surface area contributed by atoms with Crippen LogP contribution < -0.4 is 0 Å². The highest BCUT2D eigenvalue weighted by Gasteiger charge is 2.41. The highest BCUT2D eigenvalue weighted by atomic mass is 19.1. The van der Waals surface area contributed by atoms with Gasteiger partial charge in [0.05, 0.1) is 12.7 Å². The van der Waals surface area contributed by atoms with Crippen molar-refractivity contribution in [3.8, 4) is 0 Å². The van der Waals surface area contributed by atoms with Gasteiger partial charge in [-0.1, -0.05) is 0 Å². The molecule has 0 radical (unpaired) electrons. The van der Waals surface area contributed by atoms with E-state index in [0.717, 1.165) is 6.20 Å². The molecular formula is C14H19FN2O3. The van der Waals surface area contributed by atoms with Gasteiger partial charge in [-0.25, -0.2) is 9.18 Å². The van der Waals surface area contributed by atoms with Gasteiger partial charge in [-0.2, -0.15) is 0 Å². The smallest absolute Gasteiger partial charge is 0.410 e. The Morgan fingerprint density at radius 2 is 2.20 bits per heavy atom. The first-order valence-corrected chi connectivity index (χ1v) is 6.51. The first-order chi connectivity index (χ1) is 9.20. The summed E-state index contributed by atoms with van der Waals surface area (Å²) in [5.74, 6) is -0.508. The Morgan fingerprint density at radius 1 is 1.50 bits per heavy atom. The number of likely N-dealkylation sites (tertiary alicyclic amines) is 1. The van der Waals surface area contributed by atoms with Crippen molar-refractivity contribution in [1.82, 2.24) is 9.88 Å². The summed E-state index contributed by atoms with van der Waals surface area (Å²) in [7, 11) is 0. The van der Waals surface area contributed by atoms with Gasteiger partial charge in [0.2, 0.25) is 0 Å². The van der Waals surface area contributed by atoms with Crippen molar-refractivity contribution < 1.29 is 19.0 Å². The Kier molecular flexibility index (Phi) is 3.69. The molecule has 6 heteroatoms. The molecule has 1 aliphatic rings. The molecule has 0 aliphatic carbocycles. The summed E-state index contributed by atoms with van der Waals surface area (Å²) < 4.78 is 18.5. The van der Waals surface area contributed by atoms with Gasteiger partial charge in [0.1, 0.15) is 17.0 Å². The number of rotatable bonds is 1. The summed E-state index contributed by atoms with van der Waals surface area (Å²) in [6, 6.07) is 1.24. The number of β-amino-alcohol motifs (C(OH)–C–C–N with tert-alkyl or cyclic N) is 1. The van der Waals surface area contributed by atoms with E-state index >= 15 is 0 Å². The van der Waals surface area contributed by atoms with Crippen molar-refractivity contribution in [3.05, 3.63) is 29.8 Å². The van der Waals surface area contributed by atoms with Crippen LogP contribution >= 0.6 is 0 Å². The fraction of sp³-hybridized carbons (Fsp3) is 0.571. The Hall–Kier alpha value is -1.69. The minimum atomic E-state index is -1.27. The number of aromatic nitrogens is 1. The maximum absolute atomic E-state index is 13.2. The summed E-state index contributed by atoms with van der Waals surface area (Å²) in [6.07, 6.45) is 2.35. The zero-order valence-corrected chi connectivity index (χ0v) is 11.9. The highest BCUT2D eigenvalue weighted by Crippen LogP contribution is 2.32. The van der Waals surface area contributed by atoms with Crippen LogP contribution in [0, 0.1) is 5.82 Å². The lowest BCUT2D eigenvalue weighted by atomic mass is 9.95. The maximum Gasteiger partial charge on any atom is 0.410 e. The van der Waals surface area contributed by atoms with Gasteiger partial charge in [0.25, 0.3) is 0 Å². The van der Waals surface area contributed by atoms with Gasteiger partial charge < -0.3 is 14.7 Å². The number of hydrogen-bond acceptors (Lipinski definition) is 4. The second-order valence-electron chi connectivity index (χ2n) is 6.08. The number of ether oxygens (including phenoxy) is 1. The number of carbonyl (C=O) groups is 1. The quantitative estimate of drug-likeness (QED) is 0.856. The summed E-state index contributed by atoms with van der Waals surface area (Å²) >= 11 is 0. The van der Waals surface area contributed by atoms with Gasteiger partial charge in [-0.3, -0.25) is 4.98 Å². The third-order valence-corrected chi connectivity index (χ3v) is 3.14. The van der Waals surface area contributed by atoms with E-state index in [9.17, 15) is 14.3 Å². The molecule has 1 fully saturated rings. The molecule has 0 aromatic carbocycles. The molecule has 0 saturated carbocycles. The van der Waals surface area contributed by atoms with E-state index in [0.29, 0.717) is 18.5 Å². The third-order valence-electron chi connectivity index (χ3n) is 3.14. The topological polar surface area (TPSA) is 62.7 Å². The summed E-state index contributed by atoms with van der Waals surface area (Å²) in [4.78, 5) is 17.1. The number of halogens is 1. The summed E-state index contributed by atoms with van der Waals surface area (Å²) in [6.45, 7) is 5.78. The van der Waals surface area contributed by atoms with Gasteiger partial charge in [0.15, 0.2) is 0 Å². The second-order valence-corrected chi connectivity index (χ2v) is 6.08. The van der Waals surface area contributed by atoms with Crippen LogP contribution in [0.25, 0.3) is 0 Å². The van der Waals surface area contributed by atoms with Crippen LogP contribution in [-0.2, 0) is 10.3 Å². The van der Waals surface area contributed by atoms with E-state index in [-0.39, 0.29) is 6.54 Å². The number of hydrogen-bond donors (Lipinski definition) is 1. The van der Waals surface area contributed by atoms with Crippen molar-refractivity contribution in [2.75, 3.05) is 13.1 Å². The van der Waals surface area contributed by atoms with Gasteiger partial charge in [-0.15, -0.1) is 0 Å². The van der Waals surface area contributed by atoms with E-state index < -0.39 is 23.1 Å². The van der Waals surface area contributed by atoms with E-state index in [2.05, 4.69) is 4.98 Å². The molecular weight excluding hydrogens is 263 g/mol. The number of pyridine rings is 1. The molecule has 1 N–H and O–H groups in total. The molecule has 1 aromatic heterocycles. The van der Waals surface area contributed by atoms with Gasteiger partial charge >= 0.3 is 6.09 Å². The minimum absolute atomic E-state index is 0.0764. The van der Waals surface area contributed by atoms with Crippen molar-refractivity contribution in [2.24, 2.45) is 0 Å². The second kappa shape index (κ2) is 5.01. The molecule has 1 amide bonds. The molecule has 1 atom stereocenters. The summed E-state index contributed by atoms with van der Waals surface area (Å²) in [5.41, 5.74) is -1.48. The van der Waals surface area contributed by atoms with Gasteiger partial charge in [-0.05, 0) is 33.3 Å². The normalized spacial score (nSPS) is 22.9. The van der Waals surface area contributed by atoms with E-state index in [1.807, 2.05) is 0 Å². The van der Waals surface area contributed by atoms with Crippen LogP contribution in [0.1, 0.15) is 32.8 Å². The molecule has 5 nitrogen and oxygen atoms in total. The van der Waals surface area contributed by atoms with Gasteiger partial charge in [0, 0.05) is 18.3 Å². The average molecular weight is 282 g/mol. The largest absolute Gasteiger partial charge is 0.444 e. The van der Waals surface area contributed by atoms with Crippen LogP contribution in [0.3, 0.4) is 0 Å². The molecule has 0 bridgehead atoms. The van der Waals surface area contributed by atoms with Crippen LogP contribution in [0.2, 0.25) is 0 Å². The van der Waals surface area contributed by atoms with E-state index in [4.69, 9.17) is 4.74 Å². The van der Waals surface area contributed by atoms with Crippen LogP contribution in [0.15, 0.2) is 18.5 Å². The fourth-order valence-electron chi connectivity index (χ4n) is 2.18. The van der Waals surface area contributed by atoms with Crippen molar-refractivity contribution in [2.45, 2.75) is 38.4 Å². The SMILES string of the molecule is CC(C)(C)OC(=O)N1CC[C@](O)(c2cncc(F)c2)C1. The average Bonchev–Trinajstić information content (AvgIpc) is 2.71. The Balaban J connectivity index is 2.10. The minimum Gasteiger partial charge on any atom is -0.444 e. The first-order valence-electron chi connectivity index (χ1n) is 6.51. The molecule has 1 aromatic rings. The monoisotopic (exact) mass is 282 g/mol. The lowest BCUT2D eigenvalue weighted by Gasteiger charge is -2.26. The van der Waals surface area contributed by atoms with Crippen LogP contribution in [0.5, 0.6) is 0 Å². The Bertz CT molecular complexity index is 515. The maximum atomic E-state index is 13.2. The molecule has 0 spiro atoms. The summed E-state index contributed by atoms with van der Waals surface area (Å²) in [5, 5.41) is 10.5. The lowest BCUT2D eigenvalue weighted by molar-refractivity contribution is 0.0138. The fourth-order valence-corrected chi connectivity index (χ4v) is 2.18. The molecule has 1 aliphatic heterocycles. The zero-order chi connectivity index (χ0) is 15.0. The van der Waals surface area contributed by atoms with E-state index in [1.165, 1.54) is 17.2 Å². The first kappa shape index (κ1) is 14.7. The molecule has 2 heterocycles. The van der Waals surface area contributed by atoms with Crippen molar-refractivity contribution in [1.29, 1.82) is 0 Å². The van der Waals surface area contributed by atoms with E-state index in [1.54, 1.807) is 20.8 Å². The van der Waals surface area contributed by atoms with Crippen LogP contribution in [0.4, 0.5) is 9.18 Å². The standard InChI is InChI=1S/C14H19FN2O3/c1-13(2,3)20-12(18)17-5-4-14(19,9-17)10-6-11(15)8-16-7-10/h6-8,19H,4-5,9H2,1-3H3/t14-/m1/s1. The molecule has 2 rings (SSSR count). The highest BCUT2D eigenvalue weighted by molar-refractivity contribution is 5.68. The Labute approximate surface area is 117 Å². The predicted octanol–water partition coefficient (Wildman–Crippen LogP) is 2.05. The molecule has 0 unspecified atom stereocenters. The molecule has 110 valence electrons. The number of nitrogens with zero attached hydrogens (tertiary/aromatic N) is 2. The Morgan fingerprint density at radius 3 is 2.80 bits per heavy atom. The number of carbonyl (C=O) groups excluding carboxylic acids is 1. The molecule has 20 heavy (non-hydrogen) atoms. The lowest BCUT2D eigenvalue weighted by Crippen LogP contribution is -2.38. The third kappa shape index (κ3) is 3.25.